The lowest BCUT2D eigenvalue weighted by molar-refractivity contribution is 0.0964. The Hall–Kier alpha value is -4.08. The van der Waals surface area contributed by atoms with Crippen LogP contribution in [-0.2, 0) is 52.4 Å². The van der Waals surface area contributed by atoms with Crippen molar-refractivity contribution in [1.82, 2.24) is 19.0 Å². The van der Waals surface area contributed by atoms with Gasteiger partial charge in [0.05, 0.1) is 12.3 Å². The van der Waals surface area contributed by atoms with Gasteiger partial charge in [0.1, 0.15) is 11.5 Å². The maximum atomic E-state index is 15.3. The van der Waals surface area contributed by atoms with Crippen molar-refractivity contribution in [3.8, 4) is 11.1 Å². The maximum Gasteiger partial charge on any atom is 0.274 e. The molecule has 3 aromatic heterocycles. The van der Waals surface area contributed by atoms with E-state index in [2.05, 4.69) is 22.6 Å². The molecule has 0 saturated heterocycles. The van der Waals surface area contributed by atoms with Crippen LogP contribution in [0.15, 0.2) is 47.4 Å². The first-order chi connectivity index (χ1) is 20.8. The van der Waals surface area contributed by atoms with Crippen molar-refractivity contribution in [3.05, 3.63) is 104 Å². The number of anilines is 1. The molecule has 0 saturated carbocycles. The number of aromatic nitrogens is 3. The molecule has 0 radical (unpaired) electrons. The average Bonchev–Trinajstić information content (AvgIpc) is 3.39. The maximum absolute atomic E-state index is 15.3. The molecule has 0 unspecified atom stereocenters. The van der Waals surface area contributed by atoms with E-state index < -0.39 is 5.82 Å². The van der Waals surface area contributed by atoms with Gasteiger partial charge in [-0.3, -0.25) is 14.6 Å². The van der Waals surface area contributed by atoms with Crippen LogP contribution >= 0.6 is 0 Å². The lowest BCUT2D eigenvalue weighted by atomic mass is 9.96. The van der Waals surface area contributed by atoms with Crippen LogP contribution in [0, 0.1) is 5.82 Å². The van der Waals surface area contributed by atoms with Gasteiger partial charge in [0.2, 0.25) is 0 Å². The number of hydrogen-bond donors (Lipinski definition) is 1. The van der Waals surface area contributed by atoms with E-state index in [-0.39, 0.29) is 18.1 Å². The second kappa shape index (κ2) is 10.9. The van der Waals surface area contributed by atoms with E-state index in [1.54, 1.807) is 24.2 Å². The predicted molar refractivity (Wildman–Crippen MR) is 163 cm³/mol. The number of hydrogen-bond acceptors (Lipinski definition) is 5. The smallest absolute Gasteiger partial charge is 0.274 e. The van der Waals surface area contributed by atoms with E-state index in [4.69, 9.17) is 4.98 Å². The summed E-state index contributed by atoms with van der Waals surface area (Å²) in [7, 11) is 3.77. The van der Waals surface area contributed by atoms with Gasteiger partial charge in [-0.2, -0.15) is 0 Å². The first-order valence-electron chi connectivity index (χ1n) is 15.1. The molecule has 0 bridgehead atoms. The molecule has 1 aliphatic carbocycles. The Morgan fingerprint density at radius 1 is 0.953 bits per heavy atom. The largest absolute Gasteiger partial charge is 0.392 e. The molecule has 4 aromatic rings. The second-order valence-electron chi connectivity index (χ2n) is 12.2. The third-order valence-electron chi connectivity index (χ3n) is 9.30. The fraction of sp³-hybridized carbons (Fsp3) is 0.382. The summed E-state index contributed by atoms with van der Waals surface area (Å²) in [6, 6.07) is 10.5. The Morgan fingerprint density at radius 2 is 1.79 bits per heavy atom. The molecule has 2 aliphatic heterocycles. The highest BCUT2D eigenvalue weighted by atomic mass is 19.1. The summed E-state index contributed by atoms with van der Waals surface area (Å²) in [6.45, 7) is 2.44. The number of aliphatic hydroxyl groups excluding tert-OH is 1. The first kappa shape index (κ1) is 27.7. The summed E-state index contributed by atoms with van der Waals surface area (Å²) < 4.78 is 18.9. The molecule has 0 spiro atoms. The summed E-state index contributed by atoms with van der Waals surface area (Å²) in [5.74, 6) is -0.690. The van der Waals surface area contributed by atoms with Crippen LogP contribution in [0.1, 0.15) is 62.7 Å². The van der Waals surface area contributed by atoms with E-state index in [9.17, 15) is 14.7 Å². The van der Waals surface area contributed by atoms with Gasteiger partial charge in [0.15, 0.2) is 0 Å². The minimum absolute atomic E-state index is 0.152. The van der Waals surface area contributed by atoms with Crippen molar-refractivity contribution in [1.29, 1.82) is 0 Å². The molecule has 0 atom stereocenters. The number of benzene rings is 1. The fourth-order valence-electron chi connectivity index (χ4n) is 7.10. The molecular weight excluding hydrogens is 545 g/mol. The minimum atomic E-state index is -0.507. The summed E-state index contributed by atoms with van der Waals surface area (Å²) >= 11 is 0. The van der Waals surface area contributed by atoms with Crippen molar-refractivity contribution in [3.63, 3.8) is 0 Å². The van der Waals surface area contributed by atoms with E-state index >= 15 is 4.39 Å². The molecule has 1 aromatic carbocycles. The standard InChI is InChI=1S/C34H36FN5O3/c1-37-10-9-29-22(18-37)7-8-26(36-29)14-23-13-24(19-38(2)33(23)42)27-16-25(35)17-31(28(27)20-41)40-12-11-39-30-6-4-3-5-21(30)15-32(39)34(40)43/h7-8,13,15-17,19,41H,3-6,9-12,14,18,20H2,1-2H3. The molecule has 9 heteroatoms. The second-order valence-corrected chi connectivity index (χ2v) is 12.2. The molecule has 5 heterocycles. The summed E-state index contributed by atoms with van der Waals surface area (Å²) in [5.41, 5.74) is 8.46. The van der Waals surface area contributed by atoms with E-state index in [0.29, 0.717) is 53.1 Å². The summed E-state index contributed by atoms with van der Waals surface area (Å²) in [5, 5.41) is 10.6. The molecule has 0 fully saturated rings. The van der Waals surface area contributed by atoms with Crippen molar-refractivity contribution < 1.29 is 14.3 Å². The van der Waals surface area contributed by atoms with Crippen LogP contribution in [0.4, 0.5) is 10.1 Å². The van der Waals surface area contributed by atoms with Gasteiger partial charge < -0.3 is 24.0 Å². The van der Waals surface area contributed by atoms with Gasteiger partial charge in [0.25, 0.3) is 11.5 Å². The Bertz CT molecular complexity index is 1820. The number of halogens is 1. The van der Waals surface area contributed by atoms with E-state index in [1.807, 2.05) is 12.1 Å². The molecule has 43 heavy (non-hydrogen) atoms. The van der Waals surface area contributed by atoms with Gasteiger partial charge >= 0.3 is 0 Å². The lowest BCUT2D eigenvalue weighted by Gasteiger charge is -2.31. The van der Waals surface area contributed by atoms with Crippen LogP contribution < -0.4 is 10.5 Å². The SMILES string of the molecule is CN1CCc2nc(Cc3cc(-c4cc(F)cc(N5CCn6c(cc7c6CCCC7)C5=O)c4CO)cn(C)c3=O)ccc2C1. The van der Waals surface area contributed by atoms with Crippen LogP contribution in [0.25, 0.3) is 11.1 Å². The molecule has 8 nitrogen and oxygen atoms in total. The first-order valence-corrected chi connectivity index (χ1v) is 15.1. The number of pyridine rings is 2. The number of aryl methyl sites for hydroxylation is 2. The number of amides is 1. The predicted octanol–water partition coefficient (Wildman–Crippen LogP) is 4.00. The molecular formula is C34H36FN5O3. The number of nitrogens with zero attached hydrogens (tertiary/aromatic N) is 5. The van der Waals surface area contributed by atoms with E-state index in [1.165, 1.54) is 33.5 Å². The van der Waals surface area contributed by atoms with Crippen molar-refractivity contribution in [2.75, 3.05) is 25.0 Å². The Kier molecular flexibility index (Phi) is 7.02. The fourth-order valence-corrected chi connectivity index (χ4v) is 7.10. The highest BCUT2D eigenvalue weighted by Crippen LogP contribution is 2.36. The number of fused-ring (bicyclic) bond motifs is 4. The van der Waals surface area contributed by atoms with Crippen molar-refractivity contribution in [2.24, 2.45) is 7.05 Å². The van der Waals surface area contributed by atoms with Gasteiger partial charge in [0, 0.05) is 80.5 Å². The van der Waals surface area contributed by atoms with Crippen LogP contribution in [0.3, 0.4) is 0 Å². The number of carbonyl (C=O) groups excluding carboxylic acids is 1. The molecule has 222 valence electrons. The average molecular weight is 582 g/mol. The zero-order valence-electron chi connectivity index (χ0n) is 24.7. The molecule has 7 rings (SSSR count). The minimum Gasteiger partial charge on any atom is -0.392 e. The summed E-state index contributed by atoms with van der Waals surface area (Å²) in [4.78, 5) is 35.7. The zero-order chi connectivity index (χ0) is 29.8. The number of aliphatic hydroxyl groups is 1. The molecule has 1 N–H and O–H groups in total. The highest BCUT2D eigenvalue weighted by Gasteiger charge is 2.32. The lowest BCUT2D eigenvalue weighted by Crippen LogP contribution is -2.41. The number of carbonyl (C=O) groups is 1. The van der Waals surface area contributed by atoms with Gasteiger partial charge in [-0.1, -0.05) is 6.07 Å². The Morgan fingerprint density at radius 3 is 2.63 bits per heavy atom. The van der Waals surface area contributed by atoms with Gasteiger partial charge in [-0.05, 0) is 85.3 Å². The Labute approximate surface area is 250 Å². The Balaban J connectivity index is 1.26. The van der Waals surface area contributed by atoms with Crippen molar-refractivity contribution in [2.45, 2.75) is 58.2 Å². The third kappa shape index (κ3) is 4.90. The molecule has 3 aliphatic rings. The monoisotopic (exact) mass is 581 g/mol. The van der Waals surface area contributed by atoms with Crippen LogP contribution in [-0.4, -0.2) is 50.2 Å². The number of likely N-dealkylation sites (N-methyl/N-ethyl adjacent to an activating group) is 1. The van der Waals surface area contributed by atoms with Gasteiger partial charge in [-0.25, -0.2) is 4.39 Å². The highest BCUT2D eigenvalue weighted by molar-refractivity contribution is 6.07. The third-order valence-corrected chi connectivity index (χ3v) is 9.30. The van der Waals surface area contributed by atoms with Crippen LogP contribution in [0.2, 0.25) is 0 Å². The molecule has 1 amide bonds. The van der Waals surface area contributed by atoms with Gasteiger partial charge in [-0.15, -0.1) is 0 Å². The topological polar surface area (TPSA) is 83.6 Å². The van der Waals surface area contributed by atoms with Crippen LogP contribution in [0.5, 0.6) is 0 Å². The van der Waals surface area contributed by atoms with E-state index in [0.717, 1.165) is 56.6 Å². The van der Waals surface area contributed by atoms with Crippen molar-refractivity contribution >= 4 is 11.6 Å². The zero-order valence-corrected chi connectivity index (χ0v) is 24.7. The number of rotatable bonds is 5. The quantitative estimate of drug-likeness (QED) is 0.385. The normalized spacial score (nSPS) is 16.7. The summed E-state index contributed by atoms with van der Waals surface area (Å²) in [6.07, 6.45) is 7.07.